The lowest BCUT2D eigenvalue weighted by molar-refractivity contribution is 0.583. The van der Waals surface area contributed by atoms with E-state index < -0.39 is 0 Å². The summed E-state index contributed by atoms with van der Waals surface area (Å²) in [5, 5.41) is 0. The van der Waals surface area contributed by atoms with Gasteiger partial charge >= 0.3 is 0 Å². The molecule has 0 saturated heterocycles. The zero-order valence-corrected chi connectivity index (χ0v) is 8.37. The second-order valence-electron chi connectivity index (χ2n) is 3.52. The van der Waals surface area contributed by atoms with Crippen LogP contribution in [-0.2, 0) is 0 Å². The molecule has 0 radical (unpaired) electrons. The molecule has 14 heavy (non-hydrogen) atoms. The van der Waals surface area contributed by atoms with Crippen LogP contribution in [0.25, 0.3) is 11.3 Å². The molecule has 1 heterocycles. The molecule has 0 spiro atoms. The third kappa shape index (κ3) is 1.39. The maximum absolute atomic E-state index is 5.79. The standard InChI is InChI=1S/C12H13NO/c1-8-3-4-10(9(2)7-8)12-11(13)5-6-14-12/h3-7H,13H2,1-2H3. The van der Waals surface area contributed by atoms with E-state index in [-0.39, 0.29) is 0 Å². The Morgan fingerprint density at radius 1 is 1.14 bits per heavy atom. The van der Waals surface area contributed by atoms with Crippen LogP contribution in [0.5, 0.6) is 0 Å². The number of aryl methyl sites for hydroxylation is 2. The lowest BCUT2D eigenvalue weighted by atomic mass is 10.0. The number of anilines is 1. The highest BCUT2D eigenvalue weighted by atomic mass is 16.3. The van der Waals surface area contributed by atoms with E-state index in [1.54, 1.807) is 12.3 Å². The Morgan fingerprint density at radius 2 is 1.93 bits per heavy atom. The van der Waals surface area contributed by atoms with Gasteiger partial charge in [-0.2, -0.15) is 0 Å². The maximum Gasteiger partial charge on any atom is 0.156 e. The summed E-state index contributed by atoms with van der Waals surface area (Å²) < 4.78 is 5.35. The van der Waals surface area contributed by atoms with Crippen LogP contribution in [0, 0.1) is 13.8 Å². The molecule has 0 unspecified atom stereocenters. The van der Waals surface area contributed by atoms with Crippen molar-refractivity contribution >= 4 is 5.69 Å². The molecule has 1 aromatic heterocycles. The fourth-order valence-electron chi connectivity index (χ4n) is 1.61. The molecule has 72 valence electrons. The minimum Gasteiger partial charge on any atom is -0.462 e. The number of nitrogens with two attached hydrogens (primary N) is 1. The number of hydrogen-bond acceptors (Lipinski definition) is 2. The predicted octanol–water partition coefficient (Wildman–Crippen LogP) is 3.15. The number of furan rings is 1. The summed E-state index contributed by atoms with van der Waals surface area (Å²) in [5.41, 5.74) is 9.98. The van der Waals surface area contributed by atoms with Crippen molar-refractivity contribution < 1.29 is 4.42 Å². The van der Waals surface area contributed by atoms with E-state index in [1.165, 1.54) is 11.1 Å². The molecular weight excluding hydrogens is 174 g/mol. The Balaban J connectivity index is 2.58. The van der Waals surface area contributed by atoms with Crippen molar-refractivity contribution in [1.29, 1.82) is 0 Å². The van der Waals surface area contributed by atoms with E-state index in [0.717, 1.165) is 11.3 Å². The third-order valence-corrected chi connectivity index (χ3v) is 2.32. The first-order valence-corrected chi connectivity index (χ1v) is 4.59. The summed E-state index contributed by atoms with van der Waals surface area (Å²) >= 11 is 0. The molecule has 1 aromatic carbocycles. The van der Waals surface area contributed by atoms with Gasteiger partial charge < -0.3 is 10.2 Å². The lowest BCUT2D eigenvalue weighted by Gasteiger charge is -2.04. The molecule has 0 atom stereocenters. The molecule has 0 bridgehead atoms. The normalized spacial score (nSPS) is 10.4. The number of nitrogen functional groups attached to an aromatic ring is 1. The molecule has 0 aliphatic heterocycles. The van der Waals surface area contributed by atoms with Crippen molar-refractivity contribution in [1.82, 2.24) is 0 Å². The van der Waals surface area contributed by atoms with Crippen molar-refractivity contribution in [3.05, 3.63) is 41.7 Å². The van der Waals surface area contributed by atoms with Gasteiger partial charge in [0.2, 0.25) is 0 Å². The first kappa shape index (κ1) is 8.88. The predicted molar refractivity (Wildman–Crippen MR) is 58.0 cm³/mol. The summed E-state index contributed by atoms with van der Waals surface area (Å²) in [6.45, 7) is 4.13. The molecule has 2 N–H and O–H groups in total. The molecule has 2 aromatic rings. The van der Waals surface area contributed by atoms with Gasteiger partial charge in [0.25, 0.3) is 0 Å². The van der Waals surface area contributed by atoms with Crippen molar-refractivity contribution in [2.45, 2.75) is 13.8 Å². The fraction of sp³-hybridized carbons (Fsp3) is 0.167. The van der Waals surface area contributed by atoms with Gasteiger partial charge in [-0.15, -0.1) is 0 Å². The Bertz CT molecular complexity index is 457. The number of benzene rings is 1. The van der Waals surface area contributed by atoms with Crippen LogP contribution in [0.15, 0.2) is 34.9 Å². The first-order chi connectivity index (χ1) is 6.68. The SMILES string of the molecule is Cc1ccc(-c2occc2N)c(C)c1. The Hall–Kier alpha value is -1.70. The van der Waals surface area contributed by atoms with Crippen LogP contribution >= 0.6 is 0 Å². The van der Waals surface area contributed by atoms with E-state index in [0.29, 0.717) is 5.69 Å². The second kappa shape index (κ2) is 3.22. The van der Waals surface area contributed by atoms with Crippen LogP contribution in [-0.4, -0.2) is 0 Å². The summed E-state index contributed by atoms with van der Waals surface area (Å²) in [6, 6.07) is 8.00. The largest absolute Gasteiger partial charge is 0.462 e. The van der Waals surface area contributed by atoms with Crippen LogP contribution in [0.4, 0.5) is 5.69 Å². The van der Waals surface area contributed by atoms with Gasteiger partial charge in [0.1, 0.15) is 0 Å². The van der Waals surface area contributed by atoms with Gasteiger partial charge in [0.15, 0.2) is 5.76 Å². The highest BCUT2D eigenvalue weighted by Gasteiger charge is 2.08. The highest BCUT2D eigenvalue weighted by molar-refractivity contribution is 5.73. The van der Waals surface area contributed by atoms with Crippen molar-refractivity contribution in [3.63, 3.8) is 0 Å². The van der Waals surface area contributed by atoms with Crippen LogP contribution in [0.3, 0.4) is 0 Å². The average Bonchev–Trinajstić information content (AvgIpc) is 2.52. The third-order valence-electron chi connectivity index (χ3n) is 2.32. The van der Waals surface area contributed by atoms with Gasteiger partial charge in [-0.25, -0.2) is 0 Å². The summed E-state index contributed by atoms with van der Waals surface area (Å²) in [4.78, 5) is 0. The van der Waals surface area contributed by atoms with Gasteiger partial charge in [0, 0.05) is 11.6 Å². The Kier molecular flexibility index (Phi) is 2.04. The molecule has 2 rings (SSSR count). The van der Waals surface area contributed by atoms with Crippen molar-refractivity contribution in [3.8, 4) is 11.3 Å². The van der Waals surface area contributed by atoms with Gasteiger partial charge in [-0.1, -0.05) is 23.8 Å². The summed E-state index contributed by atoms with van der Waals surface area (Å²) in [5.74, 6) is 0.766. The average molecular weight is 187 g/mol. The lowest BCUT2D eigenvalue weighted by Crippen LogP contribution is -1.88. The molecule has 0 fully saturated rings. The highest BCUT2D eigenvalue weighted by Crippen LogP contribution is 2.29. The molecule has 0 aliphatic rings. The Morgan fingerprint density at radius 3 is 2.50 bits per heavy atom. The van der Waals surface area contributed by atoms with E-state index in [1.807, 2.05) is 6.07 Å². The van der Waals surface area contributed by atoms with E-state index >= 15 is 0 Å². The van der Waals surface area contributed by atoms with Crippen molar-refractivity contribution in [2.24, 2.45) is 0 Å². The Labute approximate surface area is 83.4 Å². The molecule has 0 amide bonds. The van der Waals surface area contributed by atoms with E-state index in [2.05, 4.69) is 26.0 Å². The molecule has 2 heteroatoms. The first-order valence-electron chi connectivity index (χ1n) is 4.59. The second-order valence-corrected chi connectivity index (χ2v) is 3.52. The van der Waals surface area contributed by atoms with Gasteiger partial charge in [-0.3, -0.25) is 0 Å². The number of rotatable bonds is 1. The quantitative estimate of drug-likeness (QED) is 0.744. The summed E-state index contributed by atoms with van der Waals surface area (Å²) in [6.07, 6.45) is 1.62. The monoisotopic (exact) mass is 187 g/mol. The topological polar surface area (TPSA) is 39.2 Å². The summed E-state index contributed by atoms with van der Waals surface area (Å²) in [7, 11) is 0. The molecular formula is C12H13NO. The molecule has 0 saturated carbocycles. The van der Waals surface area contributed by atoms with Crippen LogP contribution in [0.1, 0.15) is 11.1 Å². The molecule has 0 aliphatic carbocycles. The minimum absolute atomic E-state index is 0.692. The van der Waals surface area contributed by atoms with Crippen LogP contribution < -0.4 is 5.73 Å². The van der Waals surface area contributed by atoms with Gasteiger partial charge in [-0.05, 0) is 19.4 Å². The maximum atomic E-state index is 5.79. The smallest absolute Gasteiger partial charge is 0.156 e. The zero-order valence-electron chi connectivity index (χ0n) is 8.37. The van der Waals surface area contributed by atoms with E-state index in [9.17, 15) is 0 Å². The van der Waals surface area contributed by atoms with Crippen molar-refractivity contribution in [2.75, 3.05) is 5.73 Å². The van der Waals surface area contributed by atoms with Crippen LogP contribution in [0.2, 0.25) is 0 Å². The fourth-order valence-corrected chi connectivity index (χ4v) is 1.61. The minimum atomic E-state index is 0.692. The zero-order chi connectivity index (χ0) is 10.1. The number of hydrogen-bond donors (Lipinski definition) is 1. The van der Waals surface area contributed by atoms with E-state index in [4.69, 9.17) is 10.2 Å². The molecule has 2 nitrogen and oxygen atoms in total. The van der Waals surface area contributed by atoms with Gasteiger partial charge in [0.05, 0.1) is 12.0 Å².